The predicted octanol–water partition coefficient (Wildman–Crippen LogP) is -0.268. The van der Waals surface area contributed by atoms with Crippen LogP contribution in [-0.4, -0.2) is 22.6 Å². The maximum Gasteiger partial charge on any atom is 0.329 e. The van der Waals surface area contributed by atoms with Gasteiger partial charge in [0.25, 0.3) is 5.56 Å². The van der Waals surface area contributed by atoms with E-state index in [-0.39, 0.29) is 12.7 Å². The molecule has 1 aliphatic rings. The minimum Gasteiger partial charge on any atom is -0.467 e. The van der Waals surface area contributed by atoms with E-state index in [1.54, 1.807) is 0 Å². The highest BCUT2D eigenvalue weighted by Gasteiger charge is 2.31. The molecule has 0 saturated heterocycles. The van der Waals surface area contributed by atoms with Gasteiger partial charge in [-0.1, -0.05) is 0 Å². The second kappa shape index (κ2) is 3.38. The molecule has 1 aliphatic heterocycles. The largest absolute Gasteiger partial charge is 0.467 e. The second-order valence-corrected chi connectivity index (χ2v) is 3.38. The van der Waals surface area contributed by atoms with E-state index in [1.165, 1.54) is 17.9 Å². The van der Waals surface area contributed by atoms with Crippen LogP contribution in [0.4, 0.5) is 5.69 Å². The number of nitrogen functional groups attached to an aromatic ring is 1. The van der Waals surface area contributed by atoms with Crippen molar-refractivity contribution in [3.05, 3.63) is 22.4 Å². The number of aromatic nitrogens is 2. The van der Waals surface area contributed by atoms with E-state index in [4.69, 9.17) is 5.73 Å². The van der Waals surface area contributed by atoms with Crippen LogP contribution in [0.5, 0.6) is 0 Å². The molecule has 2 heterocycles. The summed E-state index contributed by atoms with van der Waals surface area (Å²) in [6, 6.07) is -0.575. The smallest absolute Gasteiger partial charge is 0.329 e. The van der Waals surface area contributed by atoms with Crippen molar-refractivity contribution in [3.63, 3.8) is 0 Å². The highest BCUT2D eigenvalue weighted by molar-refractivity contribution is 5.74. The number of nitrogens with two attached hydrogens (primary N) is 1. The minimum absolute atomic E-state index is 0. The van der Waals surface area contributed by atoms with Crippen LogP contribution in [0.25, 0.3) is 0 Å². The first-order valence-corrected chi connectivity index (χ1v) is 4.59. The van der Waals surface area contributed by atoms with Crippen molar-refractivity contribution >= 4 is 11.7 Å². The SMILES string of the molecule is COC(=O)[C@@H]1CCc2ncc(N)c(=O)n21.[HH]. The standard InChI is InChI=1S/C9H11N3O3.H2/c1-15-9(14)6-2-3-7-11-4-5(10)8(13)12(6)7;/h4,6H,2-3,10H2,1H3;1H/t6-;/m0./s1. The number of esters is 1. The van der Waals surface area contributed by atoms with Crippen molar-refractivity contribution in [3.8, 4) is 0 Å². The average Bonchev–Trinajstić information content (AvgIpc) is 2.67. The van der Waals surface area contributed by atoms with Gasteiger partial charge in [-0.2, -0.15) is 0 Å². The van der Waals surface area contributed by atoms with Crippen LogP contribution in [0, 0.1) is 0 Å². The van der Waals surface area contributed by atoms with Crippen LogP contribution >= 0.6 is 0 Å². The van der Waals surface area contributed by atoms with Crippen molar-refractivity contribution in [2.24, 2.45) is 0 Å². The molecule has 2 N–H and O–H groups in total. The zero-order valence-electron chi connectivity index (χ0n) is 8.27. The molecule has 0 unspecified atom stereocenters. The lowest BCUT2D eigenvalue weighted by Gasteiger charge is -2.11. The van der Waals surface area contributed by atoms with Crippen molar-refractivity contribution in [1.29, 1.82) is 0 Å². The van der Waals surface area contributed by atoms with Gasteiger partial charge in [-0.15, -0.1) is 0 Å². The molecule has 6 heteroatoms. The van der Waals surface area contributed by atoms with E-state index in [2.05, 4.69) is 9.72 Å². The van der Waals surface area contributed by atoms with Crippen molar-refractivity contribution in [2.75, 3.05) is 12.8 Å². The van der Waals surface area contributed by atoms with Crippen molar-refractivity contribution in [2.45, 2.75) is 18.9 Å². The third-order valence-corrected chi connectivity index (χ3v) is 2.52. The van der Waals surface area contributed by atoms with E-state index in [1.807, 2.05) is 0 Å². The molecule has 0 aliphatic carbocycles. The lowest BCUT2D eigenvalue weighted by atomic mass is 10.2. The van der Waals surface area contributed by atoms with Gasteiger partial charge in [-0.3, -0.25) is 9.36 Å². The molecule has 0 aromatic carbocycles. The number of anilines is 1. The Balaban J connectivity index is 0.00000128. The first-order chi connectivity index (χ1) is 7.15. The van der Waals surface area contributed by atoms with E-state index >= 15 is 0 Å². The molecule has 82 valence electrons. The highest BCUT2D eigenvalue weighted by Crippen LogP contribution is 2.23. The number of nitrogens with zero attached hydrogens (tertiary/aromatic N) is 2. The maximum absolute atomic E-state index is 11.7. The number of carbonyl (C=O) groups is 1. The minimum atomic E-state index is -0.575. The lowest BCUT2D eigenvalue weighted by Crippen LogP contribution is -2.30. The van der Waals surface area contributed by atoms with Crippen molar-refractivity contribution < 1.29 is 11.0 Å². The number of ether oxygens (including phenoxy) is 1. The summed E-state index contributed by atoms with van der Waals surface area (Å²) in [6.45, 7) is 0. The quantitative estimate of drug-likeness (QED) is 0.646. The van der Waals surface area contributed by atoms with E-state index in [0.717, 1.165) is 0 Å². The van der Waals surface area contributed by atoms with Gasteiger partial charge in [0.1, 0.15) is 17.6 Å². The summed E-state index contributed by atoms with van der Waals surface area (Å²) in [7, 11) is 1.30. The summed E-state index contributed by atoms with van der Waals surface area (Å²) in [5.41, 5.74) is 5.13. The maximum atomic E-state index is 11.7. The van der Waals surface area contributed by atoms with Crippen LogP contribution < -0.4 is 11.3 Å². The summed E-state index contributed by atoms with van der Waals surface area (Å²) in [4.78, 5) is 27.1. The van der Waals surface area contributed by atoms with E-state index < -0.39 is 12.0 Å². The number of methoxy groups -OCH3 is 1. The molecule has 0 amide bonds. The molecule has 1 atom stereocenters. The Bertz CT molecular complexity index is 472. The lowest BCUT2D eigenvalue weighted by molar-refractivity contribution is -0.144. The Morgan fingerprint density at radius 3 is 3.20 bits per heavy atom. The Morgan fingerprint density at radius 2 is 2.53 bits per heavy atom. The number of rotatable bonds is 1. The van der Waals surface area contributed by atoms with Crippen LogP contribution in [0.3, 0.4) is 0 Å². The highest BCUT2D eigenvalue weighted by atomic mass is 16.5. The van der Waals surface area contributed by atoms with Gasteiger partial charge in [-0.25, -0.2) is 9.78 Å². The fourth-order valence-corrected chi connectivity index (χ4v) is 1.78. The Kier molecular flexibility index (Phi) is 2.18. The molecule has 1 aromatic rings. The molecular formula is C9H13N3O3. The fourth-order valence-electron chi connectivity index (χ4n) is 1.78. The average molecular weight is 211 g/mol. The summed E-state index contributed by atoms with van der Waals surface area (Å²) < 4.78 is 5.94. The zero-order chi connectivity index (χ0) is 11.0. The van der Waals surface area contributed by atoms with Gasteiger partial charge in [0.2, 0.25) is 0 Å². The molecule has 0 radical (unpaired) electrons. The van der Waals surface area contributed by atoms with Crippen LogP contribution in [0.1, 0.15) is 19.7 Å². The first-order valence-electron chi connectivity index (χ1n) is 4.59. The molecule has 0 saturated carbocycles. The van der Waals surface area contributed by atoms with Crippen molar-refractivity contribution in [1.82, 2.24) is 9.55 Å². The molecule has 6 nitrogen and oxygen atoms in total. The second-order valence-electron chi connectivity index (χ2n) is 3.38. The van der Waals surface area contributed by atoms with Crippen LogP contribution in [0.15, 0.2) is 11.0 Å². The molecule has 0 spiro atoms. The predicted molar refractivity (Wildman–Crippen MR) is 54.4 cm³/mol. The van der Waals surface area contributed by atoms with Crippen LogP contribution in [0.2, 0.25) is 0 Å². The van der Waals surface area contributed by atoms with Gasteiger partial charge < -0.3 is 10.5 Å². The summed E-state index contributed by atoms with van der Waals surface area (Å²) in [5.74, 6) is 0.160. The first kappa shape index (κ1) is 9.70. The molecular weight excluding hydrogens is 198 g/mol. The third kappa shape index (κ3) is 1.38. The number of aryl methyl sites for hydroxylation is 1. The fraction of sp³-hybridized carbons (Fsp3) is 0.444. The van der Waals surface area contributed by atoms with Gasteiger partial charge in [0.05, 0.1) is 13.3 Å². The normalized spacial score (nSPS) is 18.6. The molecule has 2 rings (SSSR count). The van der Waals surface area contributed by atoms with Gasteiger partial charge >= 0.3 is 5.97 Å². The van der Waals surface area contributed by atoms with E-state index in [9.17, 15) is 9.59 Å². The number of carbonyl (C=O) groups excluding carboxylic acids is 1. The Hall–Kier alpha value is -1.85. The molecule has 0 bridgehead atoms. The van der Waals surface area contributed by atoms with Crippen LogP contribution in [-0.2, 0) is 16.0 Å². The monoisotopic (exact) mass is 211 g/mol. The molecule has 1 aromatic heterocycles. The zero-order valence-corrected chi connectivity index (χ0v) is 8.27. The summed E-state index contributed by atoms with van der Waals surface area (Å²) >= 11 is 0. The third-order valence-electron chi connectivity index (χ3n) is 2.52. The molecule has 0 fully saturated rings. The van der Waals surface area contributed by atoms with Gasteiger partial charge in [0.15, 0.2) is 0 Å². The van der Waals surface area contributed by atoms with E-state index in [0.29, 0.717) is 18.7 Å². The summed E-state index contributed by atoms with van der Waals surface area (Å²) in [6.07, 6.45) is 2.46. The Labute approximate surface area is 87.2 Å². The van der Waals surface area contributed by atoms with Gasteiger partial charge in [0, 0.05) is 7.85 Å². The number of hydrogen-bond acceptors (Lipinski definition) is 5. The number of hydrogen-bond donors (Lipinski definition) is 1. The summed E-state index contributed by atoms with van der Waals surface area (Å²) in [5, 5.41) is 0. The van der Waals surface area contributed by atoms with Gasteiger partial charge in [-0.05, 0) is 6.42 Å². The number of fused-ring (bicyclic) bond motifs is 1. The Morgan fingerprint density at radius 1 is 1.80 bits per heavy atom. The molecule has 15 heavy (non-hydrogen) atoms. The topological polar surface area (TPSA) is 87.2 Å².